The lowest BCUT2D eigenvalue weighted by atomic mass is 9.90. The Hall–Kier alpha value is -2.75. The van der Waals surface area contributed by atoms with Crippen molar-refractivity contribution in [2.24, 2.45) is 5.92 Å². The van der Waals surface area contributed by atoms with Gasteiger partial charge in [-0.2, -0.15) is 0 Å². The molecular weight excluding hydrogens is 364 g/mol. The van der Waals surface area contributed by atoms with Crippen molar-refractivity contribution < 1.29 is 19.0 Å². The van der Waals surface area contributed by atoms with Crippen molar-refractivity contribution in [3.8, 4) is 22.6 Å². The third kappa shape index (κ3) is 5.86. The molecule has 0 aliphatic heterocycles. The van der Waals surface area contributed by atoms with Gasteiger partial charge < -0.3 is 14.2 Å². The summed E-state index contributed by atoms with van der Waals surface area (Å²) in [4.78, 5) is 11.7. The van der Waals surface area contributed by atoms with E-state index in [4.69, 9.17) is 14.2 Å². The van der Waals surface area contributed by atoms with E-state index in [1.807, 2.05) is 30.3 Å². The number of benzene rings is 2. The molecule has 0 N–H and O–H groups in total. The molecule has 1 saturated carbocycles. The molecule has 154 valence electrons. The summed E-state index contributed by atoms with van der Waals surface area (Å²) in [7, 11) is 1.65. The van der Waals surface area contributed by atoms with Crippen LogP contribution in [-0.4, -0.2) is 26.3 Å². The fraction of sp³-hybridized carbons (Fsp3) is 0.400. The molecule has 4 heteroatoms. The molecule has 29 heavy (non-hydrogen) atoms. The highest BCUT2D eigenvalue weighted by Crippen LogP contribution is 2.40. The van der Waals surface area contributed by atoms with Crippen LogP contribution in [-0.2, 0) is 9.53 Å². The van der Waals surface area contributed by atoms with Gasteiger partial charge in [-0.05, 0) is 55.0 Å². The maximum atomic E-state index is 11.7. The molecular formula is C25H30O4. The maximum Gasteiger partial charge on any atom is 0.330 e. The normalized spacial score (nSPS) is 14.7. The van der Waals surface area contributed by atoms with E-state index >= 15 is 0 Å². The Balaban J connectivity index is 1.93. The van der Waals surface area contributed by atoms with Gasteiger partial charge in [-0.25, -0.2) is 4.79 Å². The molecule has 1 aliphatic rings. The van der Waals surface area contributed by atoms with Gasteiger partial charge >= 0.3 is 5.97 Å². The van der Waals surface area contributed by atoms with E-state index in [0.29, 0.717) is 24.9 Å². The third-order valence-electron chi connectivity index (χ3n) is 5.27. The Morgan fingerprint density at radius 3 is 2.55 bits per heavy atom. The zero-order valence-electron chi connectivity index (χ0n) is 17.4. The quantitative estimate of drug-likeness (QED) is 0.413. The van der Waals surface area contributed by atoms with Gasteiger partial charge in [0.25, 0.3) is 0 Å². The first kappa shape index (κ1) is 21.0. The molecule has 1 fully saturated rings. The van der Waals surface area contributed by atoms with Gasteiger partial charge in [0.05, 0.1) is 20.3 Å². The third-order valence-corrected chi connectivity index (χ3v) is 5.27. The lowest BCUT2D eigenvalue weighted by Gasteiger charge is -2.23. The fourth-order valence-electron chi connectivity index (χ4n) is 3.76. The summed E-state index contributed by atoms with van der Waals surface area (Å²) >= 11 is 0. The van der Waals surface area contributed by atoms with Crippen molar-refractivity contribution in [1.29, 1.82) is 0 Å². The number of carbonyl (C=O) groups excluding carboxylic acids is 1. The van der Waals surface area contributed by atoms with Gasteiger partial charge in [0.2, 0.25) is 0 Å². The first-order valence-corrected chi connectivity index (χ1v) is 10.5. The van der Waals surface area contributed by atoms with E-state index in [2.05, 4.69) is 12.1 Å². The molecule has 3 rings (SSSR count). The minimum Gasteiger partial charge on any atom is -0.493 e. The lowest BCUT2D eigenvalue weighted by molar-refractivity contribution is -0.137. The second kappa shape index (κ2) is 10.7. The zero-order valence-corrected chi connectivity index (χ0v) is 17.4. The van der Waals surface area contributed by atoms with Gasteiger partial charge in [0, 0.05) is 11.6 Å². The summed E-state index contributed by atoms with van der Waals surface area (Å²) in [6, 6.07) is 14.1. The molecule has 0 bridgehead atoms. The largest absolute Gasteiger partial charge is 0.493 e. The van der Waals surface area contributed by atoms with E-state index in [9.17, 15) is 4.79 Å². The van der Waals surface area contributed by atoms with Crippen molar-refractivity contribution in [2.75, 3.05) is 20.3 Å². The van der Waals surface area contributed by atoms with E-state index in [0.717, 1.165) is 22.4 Å². The Morgan fingerprint density at radius 2 is 1.86 bits per heavy atom. The Labute approximate surface area is 173 Å². The summed E-state index contributed by atoms with van der Waals surface area (Å²) in [6.07, 6.45) is 9.54. The average Bonchev–Trinajstić information content (AvgIpc) is 2.77. The van der Waals surface area contributed by atoms with Crippen LogP contribution in [0.3, 0.4) is 0 Å². The van der Waals surface area contributed by atoms with Gasteiger partial charge in [-0.3, -0.25) is 0 Å². The van der Waals surface area contributed by atoms with Gasteiger partial charge in [0.15, 0.2) is 11.5 Å². The minimum absolute atomic E-state index is 0.356. The molecule has 0 radical (unpaired) electrons. The first-order valence-electron chi connectivity index (χ1n) is 10.5. The van der Waals surface area contributed by atoms with Crippen LogP contribution in [0.4, 0.5) is 0 Å². The summed E-state index contributed by atoms with van der Waals surface area (Å²) in [6.45, 7) is 2.85. The molecule has 0 saturated heterocycles. The smallest absolute Gasteiger partial charge is 0.330 e. The average molecular weight is 395 g/mol. The zero-order chi connectivity index (χ0) is 20.5. The van der Waals surface area contributed by atoms with E-state index in [1.165, 1.54) is 38.2 Å². The van der Waals surface area contributed by atoms with Gasteiger partial charge in [0.1, 0.15) is 0 Å². The lowest BCUT2D eigenvalue weighted by Crippen LogP contribution is -2.16. The van der Waals surface area contributed by atoms with Crippen LogP contribution in [0.2, 0.25) is 0 Å². The molecule has 0 unspecified atom stereocenters. The molecule has 4 nitrogen and oxygen atoms in total. The number of methoxy groups -OCH3 is 1. The van der Waals surface area contributed by atoms with Crippen LogP contribution < -0.4 is 9.47 Å². The van der Waals surface area contributed by atoms with Crippen LogP contribution in [0.5, 0.6) is 11.5 Å². The SMILES string of the molecule is CCOC(=O)C=Cc1cc(OC)c(OCC2CCCCC2)c(-c2ccccc2)c1. The van der Waals surface area contributed by atoms with Gasteiger partial charge in [-0.1, -0.05) is 49.6 Å². The molecule has 0 amide bonds. The fourth-order valence-corrected chi connectivity index (χ4v) is 3.76. The van der Waals surface area contributed by atoms with E-state index in [1.54, 1.807) is 20.1 Å². The maximum absolute atomic E-state index is 11.7. The summed E-state index contributed by atoms with van der Waals surface area (Å²) in [5, 5.41) is 0. The second-order valence-corrected chi connectivity index (χ2v) is 7.37. The molecule has 2 aromatic carbocycles. The first-order chi connectivity index (χ1) is 14.2. The predicted octanol–water partition coefficient (Wildman–Crippen LogP) is 5.90. The predicted molar refractivity (Wildman–Crippen MR) is 116 cm³/mol. The van der Waals surface area contributed by atoms with Crippen molar-refractivity contribution in [1.82, 2.24) is 0 Å². The van der Waals surface area contributed by atoms with Crippen LogP contribution >= 0.6 is 0 Å². The highest BCUT2D eigenvalue weighted by molar-refractivity contribution is 5.88. The highest BCUT2D eigenvalue weighted by atomic mass is 16.5. The number of rotatable bonds is 8. The van der Waals surface area contributed by atoms with Gasteiger partial charge in [-0.15, -0.1) is 0 Å². The van der Waals surface area contributed by atoms with Crippen molar-refractivity contribution in [3.05, 3.63) is 54.1 Å². The van der Waals surface area contributed by atoms with E-state index in [-0.39, 0.29) is 5.97 Å². The summed E-state index contributed by atoms with van der Waals surface area (Å²) in [5.41, 5.74) is 2.87. The Bertz CT molecular complexity index is 820. The molecule has 2 aromatic rings. The molecule has 1 aliphatic carbocycles. The second-order valence-electron chi connectivity index (χ2n) is 7.37. The Kier molecular flexibility index (Phi) is 7.74. The Morgan fingerprint density at radius 1 is 1.10 bits per heavy atom. The molecule has 0 heterocycles. The van der Waals surface area contributed by atoms with Crippen LogP contribution in [0.25, 0.3) is 17.2 Å². The van der Waals surface area contributed by atoms with Crippen molar-refractivity contribution in [3.63, 3.8) is 0 Å². The number of carbonyl (C=O) groups is 1. The highest BCUT2D eigenvalue weighted by Gasteiger charge is 2.18. The van der Waals surface area contributed by atoms with Crippen LogP contribution in [0.1, 0.15) is 44.6 Å². The number of esters is 1. The van der Waals surface area contributed by atoms with Crippen LogP contribution in [0, 0.1) is 5.92 Å². The molecule has 0 aromatic heterocycles. The van der Waals surface area contributed by atoms with Crippen LogP contribution in [0.15, 0.2) is 48.5 Å². The summed E-state index contributed by atoms with van der Waals surface area (Å²) < 4.78 is 17.0. The topological polar surface area (TPSA) is 44.8 Å². The number of ether oxygens (including phenoxy) is 3. The number of hydrogen-bond acceptors (Lipinski definition) is 4. The molecule has 0 spiro atoms. The van der Waals surface area contributed by atoms with E-state index < -0.39 is 0 Å². The number of hydrogen-bond donors (Lipinski definition) is 0. The standard InChI is InChI=1S/C25H30O4/c1-3-28-24(26)15-14-20-16-22(21-12-8-5-9-13-21)25(23(17-20)27-2)29-18-19-10-6-4-7-11-19/h5,8-9,12-17,19H,3-4,6-7,10-11,18H2,1-2H3. The van der Waals surface area contributed by atoms with Crippen molar-refractivity contribution in [2.45, 2.75) is 39.0 Å². The monoisotopic (exact) mass is 394 g/mol. The summed E-state index contributed by atoms with van der Waals surface area (Å²) in [5.74, 6) is 1.68. The van der Waals surface area contributed by atoms with Crippen molar-refractivity contribution >= 4 is 12.0 Å². The molecule has 0 atom stereocenters. The minimum atomic E-state index is -0.356.